The third-order valence-electron chi connectivity index (χ3n) is 1.66. The quantitative estimate of drug-likeness (QED) is 0.642. The molecular formula is C8H15N5O. The molecule has 1 amide bonds. The van der Waals surface area contributed by atoms with Crippen LogP contribution in [0.1, 0.15) is 13.3 Å². The van der Waals surface area contributed by atoms with Gasteiger partial charge in [-0.15, -0.1) is 0 Å². The van der Waals surface area contributed by atoms with Crippen LogP contribution in [0.3, 0.4) is 0 Å². The Balaban J connectivity index is 2.15. The van der Waals surface area contributed by atoms with Crippen molar-refractivity contribution in [3.63, 3.8) is 0 Å². The van der Waals surface area contributed by atoms with E-state index in [1.165, 1.54) is 6.33 Å². The van der Waals surface area contributed by atoms with Crippen molar-refractivity contribution in [2.45, 2.75) is 25.9 Å². The number of nitrogens with zero attached hydrogens (tertiary/aromatic N) is 3. The van der Waals surface area contributed by atoms with Gasteiger partial charge in [0.05, 0.1) is 6.54 Å². The van der Waals surface area contributed by atoms with Crippen LogP contribution in [0.25, 0.3) is 0 Å². The molecule has 0 aromatic carbocycles. The largest absolute Gasteiger partial charge is 0.355 e. The molecule has 0 aliphatic rings. The average molecular weight is 197 g/mol. The Morgan fingerprint density at radius 1 is 1.71 bits per heavy atom. The normalized spacial score (nSPS) is 12.4. The first kappa shape index (κ1) is 10.6. The van der Waals surface area contributed by atoms with Gasteiger partial charge < -0.3 is 11.1 Å². The van der Waals surface area contributed by atoms with Crippen LogP contribution in [0.2, 0.25) is 0 Å². The molecule has 0 fully saturated rings. The van der Waals surface area contributed by atoms with E-state index in [1.807, 2.05) is 6.92 Å². The summed E-state index contributed by atoms with van der Waals surface area (Å²) in [7, 11) is 0. The van der Waals surface area contributed by atoms with Crippen LogP contribution in [0, 0.1) is 0 Å². The van der Waals surface area contributed by atoms with Gasteiger partial charge >= 0.3 is 0 Å². The van der Waals surface area contributed by atoms with Gasteiger partial charge in [-0.25, -0.2) is 4.98 Å². The molecule has 0 bridgehead atoms. The fraction of sp³-hybridized carbons (Fsp3) is 0.625. The second-order valence-corrected chi connectivity index (χ2v) is 3.19. The van der Waals surface area contributed by atoms with Gasteiger partial charge in [0.2, 0.25) is 5.91 Å². The van der Waals surface area contributed by atoms with E-state index in [0.29, 0.717) is 19.5 Å². The van der Waals surface area contributed by atoms with Crippen LogP contribution in [0.5, 0.6) is 0 Å². The van der Waals surface area contributed by atoms with Crippen LogP contribution in [-0.4, -0.2) is 33.3 Å². The van der Waals surface area contributed by atoms with Gasteiger partial charge in [-0.3, -0.25) is 9.48 Å². The molecule has 1 unspecified atom stereocenters. The van der Waals surface area contributed by atoms with Crippen molar-refractivity contribution in [3.05, 3.63) is 12.7 Å². The van der Waals surface area contributed by atoms with E-state index in [0.717, 1.165) is 0 Å². The first-order valence-corrected chi connectivity index (χ1v) is 4.53. The number of carbonyl (C=O) groups is 1. The van der Waals surface area contributed by atoms with Crippen molar-refractivity contribution in [2.75, 3.05) is 6.54 Å². The molecule has 6 heteroatoms. The molecule has 1 aromatic heterocycles. The Hall–Kier alpha value is -1.43. The number of nitrogens with two attached hydrogens (primary N) is 1. The number of aromatic nitrogens is 3. The molecule has 0 aliphatic heterocycles. The van der Waals surface area contributed by atoms with Crippen LogP contribution >= 0.6 is 0 Å². The molecule has 1 aromatic rings. The van der Waals surface area contributed by atoms with Crippen molar-refractivity contribution in [1.29, 1.82) is 0 Å². The average Bonchev–Trinajstić information content (AvgIpc) is 2.63. The van der Waals surface area contributed by atoms with Crippen molar-refractivity contribution in [1.82, 2.24) is 20.1 Å². The second kappa shape index (κ2) is 5.33. The molecule has 0 saturated heterocycles. The first-order chi connectivity index (χ1) is 6.68. The van der Waals surface area contributed by atoms with Crippen LogP contribution in [0.15, 0.2) is 12.7 Å². The summed E-state index contributed by atoms with van der Waals surface area (Å²) < 4.78 is 1.62. The number of nitrogens with one attached hydrogen (secondary N) is 1. The number of hydrogen-bond acceptors (Lipinski definition) is 4. The predicted molar refractivity (Wildman–Crippen MR) is 51.3 cm³/mol. The lowest BCUT2D eigenvalue weighted by atomic mass is 10.3. The lowest BCUT2D eigenvalue weighted by Gasteiger charge is -2.07. The summed E-state index contributed by atoms with van der Waals surface area (Å²) in [6.45, 7) is 2.90. The molecule has 6 nitrogen and oxygen atoms in total. The molecule has 78 valence electrons. The highest BCUT2D eigenvalue weighted by molar-refractivity contribution is 5.75. The van der Waals surface area contributed by atoms with Crippen molar-refractivity contribution >= 4 is 5.91 Å². The molecule has 0 spiro atoms. The smallest absolute Gasteiger partial charge is 0.221 e. The van der Waals surface area contributed by atoms with Crippen LogP contribution in [0.4, 0.5) is 0 Å². The fourth-order valence-electron chi connectivity index (χ4n) is 0.928. The Morgan fingerprint density at radius 2 is 2.50 bits per heavy atom. The summed E-state index contributed by atoms with van der Waals surface area (Å²) in [5.41, 5.74) is 5.49. The fourth-order valence-corrected chi connectivity index (χ4v) is 0.928. The van der Waals surface area contributed by atoms with E-state index < -0.39 is 0 Å². The van der Waals surface area contributed by atoms with Gasteiger partial charge in [0, 0.05) is 19.0 Å². The zero-order valence-corrected chi connectivity index (χ0v) is 8.18. The molecule has 1 atom stereocenters. The molecule has 0 radical (unpaired) electrons. The third-order valence-corrected chi connectivity index (χ3v) is 1.66. The van der Waals surface area contributed by atoms with Gasteiger partial charge in [0.1, 0.15) is 12.7 Å². The number of rotatable bonds is 5. The molecular weight excluding hydrogens is 182 g/mol. The van der Waals surface area contributed by atoms with Gasteiger partial charge in [-0.1, -0.05) is 0 Å². The van der Waals surface area contributed by atoms with Crippen molar-refractivity contribution in [2.24, 2.45) is 5.73 Å². The second-order valence-electron chi connectivity index (χ2n) is 3.19. The Morgan fingerprint density at radius 3 is 3.07 bits per heavy atom. The Kier molecular flexibility index (Phi) is 4.06. The molecule has 3 N–H and O–H groups in total. The number of carbonyl (C=O) groups excluding carboxylic acids is 1. The van der Waals surface area contributed by atoms with E-state index in [1.54, 1.807) is 11.0 Å². The lowest BCUT2D eigenvalue weighted by Crippen LogP contribution is -2.35. The van der Waals surface area contributed by atoms with Gasteiger partial charge in [0.15, 0.2) is 0 Å². The monoisotopic (exact) mass is 197 g/mol. The first-order valence-electron chi connectivity index (χ1n) is 4.53. The van der Waals surface area contributed by atoms with E-state index in [4.69, 9.17) is 5.73 Å². The summed E-state index contributed by atoms with van der Waals surface area (Å²) in [6.07, 6.45) is 3.43. The number of aryl methyl sites for hydroxylation is 1. The van der Waals surface area contributed by atoms with Crippen molar-refractivity contribution < 1.29 is 4.79 Å². The molecule has 0 aliphatic carbocycles. The minimum Gasteiger partial charge on any atom is -0.355 e. The van der Waals surface area contributed by atoms with Crippen molar-refractivity contribution in [3.8, 4) is 0 Å². The Bertz CT molecular complexity index is 269. The highest BCUT2D eigenvalue weighted by Gasteiger charge is 2.02. The molecule has 0 saturated carbocycles. The molecule has 14 heavy (non-hydrogen) atoms. The summed E-state index contributed by atoms with van der Waals surface area (Å²) in [5.74, 6) is -0.0159. The van der Waals surface area contributed by atoms with Gasteiger partial charge in [-0.05, 0) is 6.92 Å². The number of amides is 1. The minimum absolute atomic E-state index is 0.00896. The maximum atomic E-state index is 11.2. The van der Waals surface area contributed by atoms with E-state index in [-0.39, 0.29) is 11.9 Å². The maximum Gasteiger partial charge on any atom is 0.221 e. The van der Waals surface area contributed by atoms with Crippen LogP contribution in [-0.2, 0) is 11.3 Å². The maximum absolute atomic E-state index is 11.2. The van der Waals surface area contributed by atoms with Gasteiger partial charge in [-0.2, -0.15) is 5.10 Å². The van der Waals surface area contributed by atoms with E-state index in [9.17, 15) is 4.79 Å². The van der Waals surface area contributed by atoms with E-state index >= 15 is 0 Å². The summed E-state index contributed by atoms with van der Waals surface area (Å²) in [4.78, 5) is 15.0. The summed E-state index contributed by atoms with van der Waals surface area (Å²) in [6, 6.07) is -0.00896. The minimum atomic E-state index is -0.0159. The summed E-state index contributed by atoms with van der Waals surface area (Å²) in [5, 5.41) is 6.60. The molecule has 1 rings (SSSR count). The summed E-state index contributed by atoms with van der Waals surface area (Å²) >= 11 is 0. The lowest BCUT2D eigenvalue weighted by molar-refractivity contribution is -0.121. The zero-order valence-electron chi connectivity index (χ0n) is 8.18. The standard InChI is InChI=1S/C8H15N5O/c1-7(9)4-11-8(14)2-3-13-6-10-5-12-13/h5-7H,2-4,9H2,1H3,(H,11,14). The topological polar surface area (TPSA) is 85.8 Å². The highest BCUT2D eigenvalue weighted by Crippen LogP contribution is 1.87. The van der Waals surface area contributed by atoms with Crippen LogP contribution < -0.4 is 11.1 Å². The molecule has 1 heterocycles. The van der Waals surface area contributed by atoms with E-state index in [2.05, 4.69) is 15.4 Å². The Labute approximate surface area is 82.5 Å². The predicted octanol–water partition coefficient (Wildman–Crippen LogP) is -0.868. The van der Waals surface area contributed by atoms with Gasteiger partial charge in [0.25, 0.3) is 0 Å². The third kappa shape index (κ3) is 3.99. The SMILES string of the molecule is CC(N)CNC(=O)CCn1cncn1. The number of hydrogen-bond donors (Lipinski definition) is 2. The zero-order chi connectivity index (χ0) is 10.4. The highest BCUT2D eigenvalue weighted by atomic mass is 16.1.